The number of ether oxygens (including phenoxy) is 1. The summed E-state index contributed by atoms with van der Waals surface area (Å²) in [6.07, 6.45) is 1.64. The topological polar surface area (TPSA) is 59.0 Å². The summed E-state index contributed by atoms with van der Waals surface area (Å²) in [7, 11) is 0. The second-order valence-electron chi connectivity index (χ2n) is 4.57. The molecule has 0 aliphatic rings. The minimum absolute atomic E-state index is 0.0213. The first-order valence-electron chi connectivity index (χ1n) is 8.73. The fourth-order valence-corrected chi connectivity index (χ4v) is 2.48. The Balaban J connectivity index is 0.00000134. The van der Waals surface area contributed by atoms with E-state index in [9.17, 15) is 0 Å². The Morgan fingerprint density at radius 1 is 1.16 bits per heavy atom. The van der Waals surface area contributed by atoms with Crippen molar-refractivity contribution in [2.24, 2.45) is 0 Å². The van der Waals surface area contributed by atoms with E-state index in [4.69, 9.17) is 30.9 Å². The van der Waals surface area contributed by atoms with Crippen LogP contribution in [0.5, 0.6) is 0 Å². The molecule has 0 aromatic carbocycles. The zero-order chi connectivity index (χ0) is 19.2. The monoisotopic (exact) mass is 389 g/mol. The van der Waals surface area contributed by atoms with Crippen molar-refractivity contribution in [3.05, 3.63) is 22.4 Å². The Bertz CT molecular complexity index is 640. The third-order valence-electron chi connectivity index (χ3n) is 3.03. The van der Waals surface area contributed by atoms with Crippen LogP contribution in [0.2, 0.25) is 0 Å². The lowest BCUT2D eigenvalue weighted by Gasteiger charge is -2.22. The summed E-state index contributed by atoms with van der Waals surface area (Å²) in [6.45, 7) is 12.1. The fourth-order valence-electron chi connectivity index (χ4n) is 1.99. The number of fused-ring (bicyclic) bond motifs is 1. The SMILES string of the molecule is CC.CC.Cc1coc2c(=S)cc(N(CCS)CCOCCO)oc12. The van der Waals surface area contributed by atoms with Crippen LogP contribution in [0.3, 0.4) is 0 Å². The summed E-state index contributed by atoms with van der Waals surface area (Å²) in [5.41, 5.74) is 2.20. The van der Waals surface area contributed by atoms with Gasteiger partial charge >= 0.3 is 0 Å². The molecule has 2 rings (SSSR count). The number of aliphatic hydroxyl groups is 1. The first kappa shape index (κ1) is 24.0. The molecule has 7 heteroatoms. The van der Waals surface area contributed by atoms with Crippen LogP contribution < -0.4 is 4.90 Å². The van der Waals surface area contributed by atoms with Crippen LogP contribution in [0.4, 0.5) is 5.88 Å². The van der Waals surface area contributed by atoms with Crippen molar-refractivity contribution in [3.8, 4) is 0 Å². The van der Waals surface area contributed by atoms with E-state index in [1.165, 1.54) is 0 Å². The molecule has 0 saturated heterocycles. The van der Waals surface area contributed by atoms with Crippen LogP contribution in [0.1, 0.15) is 33.3 Å². The maximum atomic E-state index is 8.72. The number of anilines is 1. The van der Waals surface area contributed by atoms with Gasteiger partial charge in [0.1, 0.15) is 0 Å². The number of rotatable bonds is 8. The van der Waals surface area contributed by atoms with Gasteiger partial charge in [0.2, 0.25) is 0 Å². The average molecular weight is 390 g/mol. The fraction of sp³-hybridized carbons (Fsp3) is 0.611. The predicted octanol–water partition coefficient (Wildman–Crippen LogP) is 4.86. The van der Waals surface area contributed by atoms with Crippen LogP contribution in [0.15, 0.2) is 21.2 Å². The van der Waals surface area contributed by atoms with E-state index in [1.807, 2.05) is 39.5 Å². The molecule has 144 valence electrons. The molecular formula is C18H31NO4S2. The third kappa shape index (κ3) is 7.40. The summed E-state index contributed by atoms with van der Waals surface area (Å²) in [6, 6.07) is 1.79. The van der Waals surface area contributed by atoms with Gasteiger partial charge in [0.05, 0.1) is 30.6 Å². The molecule has 0 fully saturated rings. The summed E-state index contributed by atoms with van der Waals surface area (Å²) < 4.78 is 17.2. The van der Waals surface area contributed by atoms with Crippen molar-refractivity contribution < 1.29 is 18.7 Å². The second-order valence-corrected chi connectivity index (χ2v) is 5.46. The van der Waals surface area contributed by atoms with E-state index in [1.54, 1.807) is 12.3 Å². The van der Waals surface area contributed by atoms with E-state index in [2.05, 4.69) is 12.6 Å². The van der Waals surface area contributed by atoms with Crippen molar-refractivity contribution in [2.75, 3.05) is 43.6 Å². The van der Waals surface area contributed by atoms with Gasteiger partial charge in [0.25, 0.3) is 0 Å². The molecule has 2 aromatic rings. The molecule has 0 unspecified atom stereocenters. The van der Waals surface area contributed by atoms with Gasteiger partial charge < -0.3 is 23.6 Å². The minimum Gasteiger partial charge on any atom is -0.459 e. The molecule has 25 heavy (non-hydrogen) atoms. The smallest absolute Gasteiger partial charge is 0.197 e. The number of aryl methyl sites for hydroxylation is 1. The molecule has 0 atom stereocenters. The van der Waals surface area contributed by atoms with Gasteiger partial charge in [-0.15, -0.1) is 0 Å². The van der Waals surface area contributed by atoms with Crippen LogP contribution in [0.25, 0.3) is 11.2 Å². The summed E-state index contributed by atoms with van der Waals surface area (Å²) >= 11 is 9.62. The van der Waals surface area contributed by atoms with Crippen molar-refractivity contribution in [2.45, 2.75) is 34.6 Å². The number of thiol groups is 1. The van der Waals surface area contributed by atoms with E-state index in [0.717, 1.165) is 5.56 Å². The molecule has 2 aromatic heterocycles. The lowest BCUT2D eigenvalue weighted by molar-refractivity contribution is 0.0964. The van der Waals surface area contributed by atoms with Crippen LogP contribution >= 0.6 is 24.8 Å². The zero-order valence-electron chi connectivity index (χ0n) is 15.9. The molecule has 0 amide bonds. The van der Waals surface area contributed by atoms with Crippen LogP contribution in [-0.4, -0.2) is 43.8 Å². The summed E-state index contributed by atoms with van der Waals surface area (Å²) in [4.78, 5) is 2.02. The molecule has 0 aliphatic heterocycles. The van der Waals surface area contributed by atoms with Crippen molar-refractivity contribution in [1.82, 2.24) is 0 Å². The number of hydrogen-bond donors (Lipinski definition) is 2. The van der Waals surface area contributed by atoms with E-state index < -0.39 is 0 Å². The highest BCUT2D eigenvalue weighted by molar-refractivity contribution is 7.80. The van der Waals surface area contributed by atoms with E-state index in [-0.39, 0.29) is 6.61 Å². The third-order valence-corrected chi connectivity index (χ3v) is 3.53. The average Bonchev–Trinajstić information content (AvgIpc) is 3.03. The maximum absolute atomic E-state index is 8.72. The lowest BCUT2D eigenvalue weighted by Crippen LogP contribution is -2.29. The molecule has 5 nitrogen and oxygen atoms in total. The summed E-state index contributed by atoms with van der Waals surface area (Å²) in [5.74, 6) is 1.36. The van der Waals surface area contributed by atoms with Crippen molar-refractivity contribution in [3.63, 3.8) is 0 Å². The van der Waals surface area contributed by atoms with Gasteiger partial charge in [-0.3, -0.25) is 0 Å². The van der Waals surface area contributed by atoms with Gasteiger partial charge in [0, 0.05) is 30.5 Å². The van der Waals surface area contributed by atoms with Gasteiger partial charge in [-0.2, -0.15) is 12.6 Å². The molecule has 2 heterocycles. The summed E-state index contributed by atoms with van der Waals surface area (Å²) in [5, 5.41) is 8.72. The molecular weight excluding hydrogens is 358 g/mol. The quantitative estimate of drug-likeness (QED) is 0.382. The second kappa shape index (κ2) is 14.2. The first-order valence-corrected chi connectivity index (χ1v) is 9.77. The predicted molar refractivity (Wildman–Crippen MR) is 111 cm³/mol. The molecule has 0 aliphatic carbocycles. The Morgan fingerprint density at radius 3 is 2.44 bits per heavy atom. The van der Waals surface area contributed by atoms with E-state index in [0.29, 0.717) is 53.6 Å². The normalized spacial score (nSPS) is 9.88. The van der Waals surface area contributed by atoms with Gasteiger partial charge in [0.15, 0.2) is 17.1 Å². The Kier molecular flexibility index (Phi) is 13.6. The highest BCUT2D eigenvalue weighted by Gasteiger charge is 2.13. The number of aliphatic hydroxyl groups excluding tert-OH is 1. The van der Waals surface area contributed by atoms with Crippen LogP contribution in [0, 0.1) is 11.4 Å². The Labute approximate surface area is 161 Å². The number of hydrogen-bond acceptors (Lipinski definition) is 7. The van der Waals surface area contributed by atoms with Gasteiger partial charge in [-0.25, -0.2) is 0 Å². The number of furan rings is 1. The van der Waals surface area contributed by atoms with Gasteiger partial charge in [-0.05, 0) is 6.92 Å². The highest BCUT2D eigenvalue weighted by atomic mass is 32.1. The van der Waals surface area contributed by atoms with Gasteiger partial charge in [-0.1, -0.05) is 39.9 Å². The Hall–Kier alpha value is -1.02. The first-order chi connectivity index (χ1) is 12.2. The minimum atomic E-state index is 0.0213. The highest BCUT2D eigenvalue weighted by Crippen LogP contribution is 2.27. The molecule has 0 bridgehead atoms. The number of nitrogens with zero attached hydrogens (tertiary/aromatic N) is 1. The van der Waals surface area contributed by atoms with E-state index >= 15 is 0 Å². The van der Waals surface area contributed by atoms with Crippen molar-refractivity contribution >= 4 is 41.9 Å². The molecule has 1 N–H and O–H groups in total. The lowest BCUT2D eigenvalue weighted by atomic mass is 10.3. The zero-order valence-corrected chi connectivity index (χ0v) is 17.6. The Morgan fingerprint density at radius 2 is 1.84 bits per heavy atom. The maximum Gasteiger partial charge on any atom is 0.197 e. The standard InChI is InChI=1S/C14H19NO4S2.2C2H6/c1-10-9-18-14-11(21)8-12(19-13(10)14)15(3-7-20)2-5-17-6-4-16;2*1-2/h8-9,16,20H,2-7H2,1H3;2*1-2H3. The molecule has 0 spiro atoms. The van der Waals surface area contributed by atoms with Crippen LogP contribution in [-0.2, 0) is 4.74 Å². The molecule has 0 saturated carbocycles. The molecule has 0 radical (unpaired) electrons. The largest absolute Gasteiger partial charge is 0.459 e. The van der Waals surface area contributed by atoms with Crippen molar-refractivity contribution in [1.29, 1.82) is 0 Å².